The largest absolute Gasteiger partial charge is 0.443 e. The second-order valence-electron chi connectivity index (χ2n) is 7.68. The quantitative estimate of drug-likeness (QED) is 0.644. The van der Waals surface area contributed by atoms with Gasteiger partial charge in [-0.05, 0) is 45.6 Å². The highest BCUT2D eigenvalue weighted by Gasteiger charge is 2.76. The van der Waals surface area contributed by atoms with E-state index in [1.165, 1.54) is 4.90 Å². The zero-order valence-electron chi connectivity index (χ0n) is 12.7. The molecular weight excluding hydrogens is 270 g/mol. The molecule has 5 nitrogen and oxygen atoms in total. The van der Waals surface area contributed by atoms with Crippen LogP contribution in [0.1, 0.15) is 46.5 Å². The van der Waals surface area contributed by atoms with Crippen molar-refractivity contribution in [3.05, 3.63) is 12.2 Å². The smallest absolute Gasteiger partial charge is 0.419 e. The fourth-order valence-electron chi connectivity index (χ4n) is 4.81. The number of fused-ring (bicyclic) bond motifs is 2. The monoisotopic (exact) mass is 291 g/mol. The van der Waals surface area contributed by atoms with Gasteiger partial charge in [0.15, 0.2) is 5.72 Å². The van der Waals surface area contributed by atoms with Crippen molar-refractivity contribution in [2.45, 2.75) is 63.9 Å². The van der Waals surface area contributed by atoms with Crippen LogP contribution in [0.3, 0.4) is 0 Å². The minimum Gasteiger partial charge on any atom is -0.443 e. The third-order valence-electron chi connectivity index (χ3n) is 5.41. The normalized spacial score (nSPS) is 43.4. The molecule has 4 aliphatic rings. The second kappa shape index (κ2) is 3.69. The number of nitrogens with zero attached hydrogens (tertiary/aromatic N) is 1. The van der Waals surface area contributed by atoms with Gasteiger partial charge in [-0.2, -0.15) is 0 Å². The van der Waals surface area contributed by atoms with Crippen molar-refractivity contribution < 1.29 is 19.1 Å². The van der Waals surface area contributed by atoms with E-state index in [1.807, 2.05) is 12.2 Å². The zero-order valence-corrected chi connectivity index (χ0v) is 12.7. The fourth-order valence-corrected chi connectivity index (χ4v) is 4.81. The molecule has 1 saturated carbocycles. The molecule has 21 heavy (non-hydrogen) atoms. The summed E-state index contributed by atoms with van der Waals surface area (Å²) >= 11 is 0. The molecule has 3 aliphatic heterocycles. The number of imide groups is 1. The van der Waals surface area contributed by atoms with Crippen LogP contribution in [0.2, 0.25) is 0 Å². The molecule has 0 aromatic heterocycles. The molecule has 114 valence electrons. The van der Waals surface area contributed by atoms with E-state index in [2.05, 4.69) is 0 Å². The highest BCUT2D eigenvalue weighted by Crippen LogP contribution is 2.68. The predicted octanol–water partition coefficient (Wildman–Crippen LogP) is 2.61. The summed E-state index contributed by atoms with van der Waals surface area (Å²) in [7, 11) is 0. The Kier molecular flexibility index (Phi) is 2.34. The summed E-state index contributed by atoms with van der Waals surface area (Å²) in [5.41, 5.74) is -1.74. The van der Waals surface area contributed by atoms with Crippen LogP contribution in [0.5, 0.6) is 0 Å². The van der Waals surface area contributed by atoms with E-state index in [0.717, 1.165) is 19.3 Å². The Morgan fingerprint density at radius 2 is 2.24 bits per heavy atom. The predicted molar refractivity (Wildman–Crippen MR) is 74.2 cm³/mol. The molecule has 2 amide bonds. The summed E-state index contributed by atoms with van der Waals surface area (Å²) in [4.78, 5) is 26.3. The van der Waals surface area contributed by atoms with Crippen LogP contribution in [-0.2, 0) is 14.3 Å². The highest BCUT2D eigenvalue weighted by atomic mass is 16.6. The number of ether oxygens (including phenoxy) is 2. The van der Waals surface area contributed by atoms with Gasteiger partial charge in [-0.1, -0.05) is 12.5 Å². The molecule has 3 fully saturated rings. The zero-order chi connectivity index (χ0) is 15.0. The van der Waals surface area contributed by atoms with Gasteiger partial charge >= 0.3 is 6.09 Å². The molecule has 4 unspecified atom stereocenters. The van der Waals surface area contributed by atoms with E-state index in [0.29, 0.717) is 12.3 Å². The van der Waals surface area contributed by atoms with Crippen molar-refractivity contribution >= 4 is 12.0 Å². The standard InChI is InChI=1S/C16H21NO4/c1-14(2,3)21-13(19)17-12(18)9-15-7-4-5-10(15)11-6-8-16(15,17)20-11/h6,8,10-11H,4-5,7,9H2,1-3H3. The number of carbonyl (C=O) groups is 2. The maximum Gasteiger partial charge on any atom is 0.419 e. The molecule has 0 radical (unpaired) electrons. The van der Waals surface area contributed by atoms with Gasteiger partial charge in [0, 0.05) is 11.8 Å². The van der Waals surface area contributed by atoms with Crippen molar-refractivity contribution in [2.24, 2.45) is 11.3 Å². The molecule has 0 aromatic carbocycles. The van der Waals surface area contributed by atoms with Crippen LogP contribution in [0.25, 0.3) is 0 Å². The van der Waals surface area contributed by atoms with Gasteiger partial charge in [0.25, 0.3) is 0 Å². The van der Waals surface area contributed by atoms with E-state index >= 15 is 0 Å². The number of carbonyl (C=O) groups excluding carboxylic acids is 2. The summed E-state index contributed by atoms with van der Waals surface area (Å²) in [5.74, 6) is 0.194. The summed E-state index contributed by atoms with van der Waals surface area (Å²) in [6.45, 7) is 5.42. The van der Waals surface area contributed by atoms with Crippen LogP contribution in [0.15, 0.2) is 12.2 Å². The van der Waals surface area contributed by atoms with Gasteiger partial charge in [-0.15, -0.1) is 0 Å². The lowest BCUT2D eigenvalue weighted by atomic mass is 9.67. The number of likely N-dealkylation sites (tertiary alicyclic amines) is 1. The van der Waals surface area contributed by atoms with Gasteiger partial charge in [0.05, 0.1) is 6.10 Å². The first-order valence-electron chi connectivity index (χ1n) is 7.72. The lowest BCUT2D eigenvalue weighted by Crippen LogP contribution is -2.54. The molecule has 0 N–H and O–H groups in total. The van der Waals surface area contributed by atoms with Crippen LogP contribution < -0.4 is 0 Å². The van der Waals surface area contributed by atoms with Gasteiger partial charge in [0.2, 0.25) is 5.91 Å². The molecule has 2 bridgehead atoms. The van der Waals surface area contributed by atoms with Gasteiger partial charge in [-0.3, -0.25) is 4.79 Å². The number of hydrogen-bond donors (Lipinski definition) is 0. The number of amides is 2. The van der Waals surface area contributed by atoms with Crippen molar-refractivity contribution in [3.8, 4) is 0 Å². The van der Waals surface area contributed by atoms with Crippen LogP contribution in [0.4, 0.5) is 4.79 Å². The number of rotatable bonds is 0. The summed E-state index contributed by atoms with van der Waals surface area (Å²) in [6.07, 6.45) is 6.93. The SMILES string of the molecule is CC(C)(C)OC(=O)N1C(=O)CC23CCCC2C2C=CC13O2. The van der Waals surface area contributed by atoms with E-state index in [-0.39, 0.29) is 17.4 Å². The topological polar surface area (TPSA) is 55.8 Å². The van der Waals surface area contributed by atoms with Crippen LogP contribution in [-0.4, -0.2) is 34.3 Å². The third kappa shape index (κ3) is 1.45. The van der Waals surface area contributed by atoms with Gasteiger partial charge < -0.3 is 9.47 Å². The van der Waals surface area contributed by atoms with E-state index in [4.69, 9.17) is 9.47 Å². The van der Waals surface area contributed by atoms with Gasteiger partial charge in [0.1, 0.15) is 5.60 Å². The third-order valence-corrected chi connectivity index (χ3v) is 5.41. The Hall–Kier alpha value is -1.36. The minimum absolute atomic E-state index is 0.0468. The molecule has 4 rings (SSSR count). The first kappa shape index (κ1) is 13.3. The molecule has 0 aromatic rings. The average Bonchev–Trinajstić information content (AvgIpc) is 2.99. The summed E-state index contributed by atoms with van der Waals surface area (Å²) < 4.78 is 11.6. The summed E-state index contributed by atoms with van der Waals surface area (Å²) in [5, 5.41) is 0. The second-order valence-corrected chi connectivity index (χ2v) is 7.68. The molecule has 1 aliphatic carbocycles. The molecule has 4 atom stereocenters. The van der Waals surface area contributed by atoms with Crippen molar-refractivity contribution in [1.82, 2.24) is 4.90 Å². The Bertz CT molecular complexity index is 563. The minimum atomic E-state index is -0.891. The van der Waals surface area contributed by atoms with E-state index in [1.54, 1.807) is 20.8 Å². The summed E-state index contributed by atoms with van der Waals surface area (Å²) in [6, 6.07) is 0. The first-order chi connectivity index (χ1) is 9.79. The number of hydrogen-bond acceptors (Lipinski definition) is 4. The van der Waals surface area contributed by atoms with Crippen LogP contribution in [0, 0.1) is 11.3 Å². The molecular formula is C16H21NO4. The molecule has 2 saturated heterocycles. The van der Waals surface area contributed by atoms with E-state index < -0.39 is 17.4 Å². The van der Waals surface area contributed by atoms with Gasteiger partial charge in [-0.25, -0.2) is 9.69 Å². The van der Waals surface area contributed by atoms with Crippen molar-refractivity contribution in [3.63, 3.8) is 0 Å². The lowest BCUT2D eigenvalue weighted by Gasteiger charge is -2.39. The van der Waals surface area contributed by atoms with Crippen molar-refractivity contribution in [1.29, 1.82) is 0 Å². The fraction of sp³-hybridized carbons (Fsp3) is 0.750. The van der Waals surface area contributed by atoms with Crippen LogP contribution >= 0.6 is 0 Å². The lowest BCUT2D eigenvalue weighted by molar-refractivity contribution is -0.144. The molecule has 3 heterocycles. The maximum atomic E-state index is 12.6. The Labute approximate surface area is 124 Å². The van der Waals surface area contributed by atoms with Crippen molar-refractivity contribution in [2.75, 3.05) is 0 Å². The molecule has 5 heteroatoms. The maximum absolute atomic E-state index is 12.6. The highest BCUT2D eigenvalue weighted by molar-refractivity contribution is 5.96. The Morgan fingerprint density at radius 1 is 1.48 bits per heavy atom. The first-order valence-corrected chi connectivity index (χ1v) is 7.72. The average molecular weight is 291 g/mol. The van der Waals surface area contributed by atoms with E-state index in [9.17, 15) is 9.59 Å². The molecule has 2 spiro atoms. The Morgan fingerprint density at radius 3 is 2.95 bits per heavy atom. The Balaban J connectivity index is 1.75.